The van der Waals surface area contributed by atoms with E-state index in [9.17, 15) is 4.79 Å². The molecule has 0 saturated heterocycles. The van der Waals surface area contributed by atoms with Gasteiger partial charge in [-0.1, -0.05) is 17.7 Å². The zero-order valence-corrected chi connectivity index (χ0v) is 14.5. The molecule has 4 nitrogen and oxygen atoms in total. The largest absolute Gasteiger partial charge is 0.304 e. The third-order valence-electron chi connectivity index (χ3n) is 2.84. The van der Waals surface area contributed by atoms with Crippen molar-refractivity contribution in [3.63, 3.8) is 0 Å². The van der Waals surface area contributed by atoms with Gasteiger partial charge in [-0.2, -0.15) is 0 Å². The van der Waals surface area contributed by atoms with Gasteiger partial charge in [0.2, 0.25) is 0 Å². The number of nitrogens with zero attached hydrogens (tertiary/aromatic N) is 2. The minimum atomic E-state index is -0.183. The standard InChI is InChI=1S/C14H13Br2N3O/c1-7-4-8(2)11(9(3)5-7)14(20)19-13-12(16)18-10(15)6-17-13/h4-6H,1-3H3,(H,17,19,20). The van der Waals surface area contributed by atoms with Gasteiger partial charge in [0.05, 0.1) is 6.20 Å². The van der Waals surface area contributed by atoms with Crippen molar-refractivity contribution in [3.05, 3.63) is 49.8 Å². The molecule has 0 atom stereocenters. The summed E-state index contributed by atoms with van der Waals surface area (Å²) in [5.74, 6) is 0.217. The molecular weight excluding hydrogens is 386 g/mol. The lowest BCUT2D eigenvalue weighted by molar-refractivity contribution is 0.102. The summed E-state index contributed by atoms with van der Waals surface area (Å²) in [5.41, 5.74) is 3.70. The molecule has 0 aliphatic carbocycles. The molecule has 0 bridgehead atoms. The Labute approximate surface area is 134 Å². The number of carbonyl (C=O) groups excluding carboxylic acids is 1. The Bertz CT molecular complexity index is 663. The van der Waals surface area contributed by atoms with Crippen LogP contribution < -0.4 is 5.32 Å². The summed E-state index contributed by atoms with van der Waals surface area (Å²) in [7, 11) is 0. The van der Waals surface area contributed by atoms with E-state index in [-0.39, 0.29) is 5.91 Å². The molecule has 0 aliphatic rings. The molecule has 0 spiro atoms. The molecule has 1 amide bonds. The number of nitrogens with one attached hydrogen (secondary N) is 1. The summed E-state index contributed by atoms with van der Waals surface area (Å²) in [6.07, 6.45) is 1.54. The van der Waals surface area contributed by atoms with E-state index in [0.717, 1.165) is 16.7 Å². The van der Waals surface area contributed by atoms with Gasteiger partial charge in [-0.3, -0.25) is 4.79 Å². The van der Waals surface area contributed by atoms with Crippen LogP contribution in [0.3, 0.4) is 0 Å². The molecule has 2 rings (SSSR count). The van der Waals surface area contributed by atoms with Gasteiger partial charge in [0.15, 0.2) is 5.82 Å². The third kappa shape index (κ3) is 3.24. The van der Waals surface area contributed by atoms with Crippen molar-refractivity contribution >= 4 is 43.6 Å². The van der Waals surface area contributed by atoms with Crippen LogP contribution in [-0.4, -0.2) is 15.9 Å². The number of amides is 1. The lowest BCUT2D eigenvalue weighted by Gasteiger charge is -2.11. The maximum absolute atomic E-state index is 12.4. The van der Waals surface area contributed by atoms with E-state index in [2.05, 4.69) is 47.1 Å². The molecule has 104 valence electrons. The average Bonchev–Trinajstić information content (AvgIpc) is 2.31. The van der Waals surface area contributed by atoms with E-state index in [4.69, 9.17) is 0 Å². The van der Waals surface area contributed by atoms with Crippen LogP contribution in [0.25, 0.3) is 0 Å². The zero-order valence-electron chi connectivity index (χ0n) is 11.3. The molecule has 0 saturated carbocycles. The Morgan fingerprint density at radius 3 is 2.30 bits per heavy atom. The summed E-state index contributed by atoms with van der Waals surface area (Å²) in [6.45, 7) is 5.87. The first-order valence-corrected chi connectivity index (χ1v) is 7.54. The van der Waals surface area contributed by atoms with Crippen molar-refractivity contribution in [2.45, 2.75) is 20.8 Å². The number of hydrogen-bond donors (Lipinski definition) is 1. The van der Waals surface area contributed by atoms with Gasteiger partial charge >= 0.3 is 0 Å². The second-order valence-electron chi connectivity index (χ2n) is 4.56. The fourth-order valence-electron chi connectivity index (χ4n) is 2.14. The zero-order chi connectivity index (χ0) is 14.9. The van der Waals surface area contributed by atoms with Crippen LogP contribution in [0.2, 0.25) is 0 Å². The molecule has 0 unspecified atom stereocenters. The first kappa shape index (κ1) is 15.1. The van der Waals surface area contributed by atoms with Gasteiger partial charge in [-0.05, 0) is 63.8 Å². The van der Waals surface area contributed by atoms with Crippen molar-refractivity contribution in [2.24, 2.45) is 0 Å². The molecule has 6 heteroatoms. The van der Waals surface area contributed by atoms with Crippen molar-refractivity contribution in [1.29, 1.82) is 0 Å². The lowest BCUT2D eigenvalue weighted by Crippen LogP contribution is -2.16. The SMILES string of the molecule is Cc1cc(C)c(C(=O)Nc2ncc(Br)nc2Br)c(C)c1. The number of aryl methyl sites for hydroxylation is 3. The lowest BCUT2D eigenvalue weighted by atomic mass is 9.99. The van der Waals surface area contributed by atoms with Crippen LogP contribution in [0.4, 0.5) is 5.82 Å². The molecule has 1 aromatic carbocycles. The van der Waals surface area contributed by atoms with Crippen LogP contribution in [0.15, 0.2) is 27.5 Å². The Kier molecular flexibility index (Phi) is 4.55. The molecule has 0 fully saturated rings. The number of halogens is 2. The number of benzene rings is 1. The summed E-state index contributed by atoms with van der Waals surface area (Å²) >= 11 is 6.50. The molecule has 2 aromatic rings. The predicted molar refractivity (Wildman–Crippen MR) is 86.0 cm³/mol. The summed E-state index contributed by atoms with van der Waals surface area (Å²) < 4.78 is 1.09. The number of carbonyl (C=O) groups is 1. The second-order valence-corrected chi connectivity index (χ2v) is 6.12. The topological polar surface area (TPSA) is 54.9 Å². The van der Waals surface area contributed by atoms with Gasteiger partial charge in [0.25, 0.3) is 5.91 Å². The monoisotopic (exact) mass is 397 g/mol. The van der Waals surface area contributed by atoms with Gasteiger partial charge in [-0.25, -0.2) is 9.97 Å². The highest BCUT2D eigenvalue weighted by atomic mass is 79.9. The Hall–Kier alpha value is -1.27. The fourth-order valence-corrected chi connectivity index (χ4v) is 3.05. The maximum Gasteiger partial charge on any atom is 0.257 e. The van der Waals surface area contributed by atoms with E-state index < -0.39 is 0 Å². The minimum Gasteiger partial charge on any atom is -0.304 e. The smallest absolute Gasteiger partial charge is 0.257 e. The van der Waals surface area contributed by atoms with E-state index in [1.165, 1.54) is 6.20 Å². The number of hydrogen-bond acceptors (Lipinski definition) is 3. The van der Waals surface area contributed by atoms with Crippen molar-refractivity contribution in [3.8, 4) is 0 Å². The Balaban J connectivity index is 2.33. The highest BCUT2D eigenvalue weighted by molar-refractivity contribution is 9.11. The normalized spacial score (nSPS) is 10.4. The highest BCUT2D eigenvalue weighted by Crippen LogP contribution is 2.22. The molecule has 1 heterocycles. The van der Waals surface area contributed by atoms with E-state index in [1.54, 1.807) is 0 Å². The van der Waals surface area contributed by atoms with Crippen LogP contribution in [0.5, 0.6) is 0 Å². The van der Waals surface area contributed by atoms with Gasteiger partial charge < -0.3 is 5.32 Å². The summed E-state index contributed by atoms with van der Waals surface area (Å²) in [4.78, 5) is 20.7. The van der Waals surface area contributed by atoms with Gasteiger partial charge in [-0.15, -0.1) is 0 Å². The van der Waals surface area contributed by atoms with E-state index >= 15 is 0 Å². The molecular formula is C14H13Br2N3O. The Morgan fingerprint density at radius 1 is 1.15 bits per heavy atom. The Morgan fingerprint density at radius 2 is 1.75 bits per heavy atom. The van der Waals surface area contributed by atoms with Crippen LogP contribution in [0, 0.1) is 20.8 Å². The summed E-state index contributed by atoms with van der Waals surface area (Å²) in [6, 6.07) is 3.98. The van der Waals surface area contributed by atoms with Crippen molar-refractivity contribution in [1.82, 2.24) is 9.97 Å². The van der Waals surface area contributed by atoms with E-state index in [0.29, 0.717) is 20.6 Å². The second kappa shape index (κ2) is 6.01. The molecule has 1 aromatic heterocycles. The van der Waals surface area contributed by atoms with Crippen LogP contribution >= 0.6 is 31.9 Å². The predicted octanol–water partition coefficient (Wildman–Crippen LogP) is 4.18. The first-order valence-electron chi connectivity index (χ1n) is 5.95. The third-order valence-corrected chi connectivity index (χ3v) is 3.77. The van der Waals surface area contributed by atoms with Crippen LogP contribution in [0.1, 0.15) is 27.0 Å². The molecule has 0 radical (unpaired) electrons. The molecule has 1 N–H and O–H groups in total. The fraction of sp³-hybridized carbons (Fsp3) is 0.214. The van der Waals surface area contributed by atoms with E-state index in [1.807, 2.05) is 32.9 Å². The summed E-state index contributed by atoms with van der Waals surface area (Å²) in [5, 5.41) is 2.77. The minimum absolute atomic E-state index is 0.183. The molecule has 0 aliphatic heterocycles. The van der Waals surface area contributed by atoms with Gasteiger partial charge in [0, 0.05) is 5.56 Å². The number of rotatable bonds is 2. The van der Waals surface area contributed by atoms with Gasteiger partial charge in [0.1, 0.15) is 9.21 Å². The maximum atomic E-state index is 12.4. The number of anilines is 1. The molecule has 20 heavy (non-hydrogen) atoms. The van der Waals surface area contributed by atoms with Crippen molar-refractivity contribution < 1.29 is 4.79 Å². The highest BCUT2D eigenvalue weighted by Gasteiger charge is 2.15. The quantitative estimate of drug-likeness (QED) is 0.825. The first-order chi connectivity index (χ1) is 9.38. The average molecular weight is 399 g/mol. The van der Waals surface area contributed by atoms with Crippen LogP contribution in [-0.2, 0) is 0 Å². The van der Waals surface area contributed by atoms with Crippen molar-refractivity contribution in [2.75, 3.05) is 5.32 Å². The number of aromatic nitrogens is 2.